The van der Waals surface area contributed by atoms with E-state index in [1.165, 1.54) is 62.0 Å². The standard InChI is InChI=1S/C26H41N5O3/c32-23-17-22(27-11-16-29-12-1-2-13-29)28-19-31(23)18-26(34)9-14-30(15-10-26)25(33)24(20-5-3-6-20)21-7-4-8-21/h17,19-21,24,27,34H,1-16,18H2. The molecule has 1 amide bonds. The molecule has 0 unspecified atom stereocenters. The Morgan fingerprint density at radius 1 is 1.06 bits per heavy atom. The van der Waals surface area contributed by atoms with Crippen molar-refractivity contribution in [2.45, 2.75) is 76.4 Å². The molecule has 2 saturated heterocycles. The van der Waals surface area contributed by atoms with Gasteiger partial charge in [0.15, 0.2) is 0 Å². The topological polar surface area (TPSA) is 90.7 Å². The predicted molar refractivity (Wildman–Crippen MR) is 132 cm³/mol. The van der Waals surface area contributed by atoms with Gasteiger partial charge < -0.3 is 20.2 Å². The zero-order valence-electron chi connectivity index (χ0n) is 20.5. The summed E-state index contributed by atoms with van der Waals surface area (Å²) < 4.78 is 1.51. The number of amides is 1. The highest BCUT2D eigenvalue weighted by Crippen LogP contribution is 2.45. The van der Waals surface area contributed by atoms with Crippen LogP contribution in [0.1, 0.15) is 64.2 Å². The van der Waals surface area contributed by atoms with Crippen LogP contribution in [0.3, 0.4) is 0 Å². The number of carbonyl (C=O) groups excluding carboxylic acids is 1. The minimum Gasteiger partial charge on any atom is -0.388 e. The molecule has 4 fully saturated rings. The van der Waals surface area contributed by atoms with Gasteiger partial charge in [-0.2, -0.15) is 0 Å². The maximum atomic E-state index is 13.4. The van der Waals surface area contributed by atoms with E-state index >= 15 is 0 Å². The lowest BCUT2D eigenvalue weighted by atomic mass is 9.64. The van der Waals surface area contributed by atoms with Crippen LogP contribution in [0.5, 0.6) is 0 Å². The summed E-state index contributed by atoms with van der Waals surface area (Å²) in [7, 11) is 0. The molecule has 0 spiro atoms. The van der Waals surface area contributed by atoms with Crippen molar-refractivity contribution in [2.24, 2.45) is 17.8 Å². The number of likely N-dealkylation sites (tertiary alicyclic amines) is 2. The van der Waals surface area contributed by atoms with Gasteiger partial charge in [-0.05, 0) is 76.3 Å². The smallest absolute Gasteiger partial charge is 0.255 e. The van der Waals surface area contributed by atoms with E-state index in [9.17, 15) is 14.7 Å². The van der Waals surface area contributed by atoms with Crippen LogP contribution in [0, 0.1) is 17.8 Å². The quantitative estimate of drug-likeness (QED) is 0.575. The Labute approximate surface area is 202 Å². The van der Waals surface area contributed by atoms with Crippen molar-refractivity contribution in [2.75, 3.05) is 44.6 Å². The van der Waals surface area contributed by atoms with Gasteiger partial charge in [-0.25, -0.2) is 4.98 Å². The third kappa shape index (κ3) is 5.33. The number of carbonyl (C=O) groups is 1. The molecule has 8 heteroatoms. The van der Waals surface area contributed by atoms with Crippen molar-refractivity contribution in [1.29, 1.82) is 0 Å². The molecule has 3 heterocycles. The number of piperidine rings is 1. The molecule has 2 aliphatic carbocycles. The predicted octanol–water partition coefficient (Wildman–Crippen LogP) is 2.32. The summed E-state index contributed by atoms with van der Waals surface area (Å²) in [5.74, 6) is 2.26. The van der Waals surface area contributed by atoms with Crippen LogP contribution in [-0.2, 0) is 11.3 Å². The zero-order valence-corrected chi connectivity index (χ0v) is 20.5. The first-order valence-electron chi connectivity index (χ1n) is 13.5. The van der Waals surface area contributed by atoms with Gasteiger partial charge in [0.2, 0.25) is 5.91 Å². The van der Waals surface area contributed by atoms with E-state index in [1.807, 2.05) is 4.90 Å². The molecule has 2 N–H and O–H groups in total. The van der Waals surface area contributed by atoms with Gasteiger partial charge in [0.25, 0.3) is 5.56 Å². The Morgan fingerprint density at radius 3 is 2.26 bits per heavy atom. The molecule has 0 radical (unpaired) electrons. The summed E-state index contributed by atoms with van der Waals surface area (Å²) in [5.41, 5.74) is -1.13. The first-order valence-corrected chi connectivity index (χ1v) is 13.5. The molecule has 5 rings (SSSR count). The molecule has 0 bridgehead atoms. The highest BCUT2D eigenvalue weighted by atomic mass is 16.3. The third-order valence-electron chi connectivity index (χ3n) is 8.88. The van der Waals surface area contributed by atoms with Gasteiger partial charge in [0, 0.05) is 38.2 Å². The van der Waals surface area contributed by atoms with E-state index in [-0.39, 0.29) is 18.0 Å². The number of aromatic nitrogens is 2. The number of nitrogens with zero attached hydrogens (tertiary/aromatic N) is 4. The van der Waals surface area contributed by atoms with Crippen molar-refractivity contribution >= 4 is 11.7 Å². The Hall–Kier alpha value is -1.93. The van der Waals surface area contributed by atoms with Crippen molar-refractivity contribution in [3.05, 3.63) is 22.7 Å². The van der Waals surface area contributed by atoms with Crippen molar-refractivity contribution in [3.63, 3.8) is 0 Å². The van der Waals surface area contributed by atoms with Crippen LogP contribution >= 0.6 is 0 Å². The highest BCUT2D eigenvalue weighted by Gasteiger charge is 2.44. The van der Waals surface area contributed by atoms with Crippen LogP contribution in [0.4, 0.5) is 5.82 Å². The number of anilines is 1. The van der Waals surface area contributed by atoms with E-state index in [4.69, 9.17) is 0 Å². The lowest BCUT2D eigenvalue weighted by molar-refractivity contribution is -0.147. The Kier molecular flexibility index (Phi) is 7.25. The maximum absolute atomic E-state index is 13.4. The maximum Gasteiger partial charge on any atom is 0.255 e. The first-order chi connectivity index (χ1) is 16.5. The van der Waals surface area contributed by atoms with Crippen LogP contribution in [-0.4, -0.2) is 75.2 Å². The SMILES string of the molecule is O=C(C(C1CCC1)C1CCC1)N1CCC(O)(Cn2cnc(NCCN3CCCC3)cc2=O)CC1. The normalized spacial score (nSPS) is 23.6. The van der Waals surface area contributed by atoms with E-state index in [1.54, 1.807) is 6.33 Å². The van der Waals surface area contributed by atoms with Gasteiger partial charge in [-0.15, -0.1) is 0 Å². The largest absolute Gasteiger partial charge is 0.388 e. The molecule has 188 valence electrons. The summed E-state index contributed by atoms with van der Waals surface area (Å²) in [4.78, 5) is 34.8. The minimum absolute atomic E-state index is 0.152. The van der Waals surface area contributed by atoms with E-state index < -0.39 is 5.60 Å². The molecular weight excluding hydrogens is 430 g/mol. The fraction of sp³-hybridized carbons (Fsp3) is 0.808. The fourth-order valence-corrected chi connectivity index (χ4v) is 6.21. The molecule has 2 aliphatic heterocycles. The van der Waals surface area contributed by atoms with Crippen LogP contribution in [0.25, 0.3) is 0 Å². The second-order valence-corrected chi connectivity index (χ2v) is 11.2. The summed E-state index contributed by atoms with van der Waals surface area (Å²) in [6.45, 7) is 5.41. The number of nitrogens with one attached hydrogen (secondary N) is 1. The molecule has 34 heavy (non-hydrogen) atoms. The second-order valence-electron chi connectivity index (χ2n) is 11.2. The van der Waals surface area contributed by atoms with Gasteiger partial charge >= 0.3 is 0 Å². The monoisotopic (exact) mass is 471 g/mol. The molecule has 4 aliphatic rings. The van der Waals surface area contributed by atoms with Crippen molar-refractivity contribution in [3.8, 4) is 0 Å². The van der Waals surface area contributed by atoms with Crippen LogP contribution < -0.4 is 10.9 Å². The number of rotatable bonds is 9. The van der Waals surface area contributed by atoms with E-state index in [2.05, 4.69) is 15.2 Å². The lowest BCUT2D eigenvalue weighted by Gasteiger charge is -2.45. The van der Waals surface area contributed by atoms with Crippen LogP contribution in [0.15, 0.2) is 17.2 Å². The molecule has 1 aromatic heterocycles. The Balaban J connectivity index is 1.12. The molecule has 8 nitrogen and oxygen atoms in total. The highest BCUT2D eigenvalue weighted by molar-refractivity contribution is 5.80. The average molecular weight is 472 g/mol. The average Bonchev–Trinajstić information content (AvgIpc) is 3.26. The van der Waals surface area contributed by atoms with Gasteiger partial charge in [-0.1, -0.05) is 12.8 Å². The summed E-state index contributed by atoms with van der Waals surface area (Å²) in [6, 6.07) is 1.52. The number of aliphatic hydroxyl groups is 1. The molecular formula is C26H41N5O3. The summed E-state index contributed by atoms with van der Waals surface area (Å²) in [6.07, 6.45) is 12.4. The minimum atomic E-state index is -0.977. The van der Waals surface area contributed by atoms with Gasteiger partial charge in [0.05, 0.1) is 18.5 Å². The molecule has 0 atom stereocenters. The second kappa shape index (κ2) is 10.4. The summed E-state index contributed by atoms with van der Waals surface area (Å²) in [5, 5.41) is 14.5. The number of hydrogen-bond donors (Lipinski definition) is 2. The Morgan fingerprint density at radius 2 is 1.71 bits per heavy atom. The Bertz CT molecular complexity index is 882. The molecule has 2 saturated carbocycles. The van der Waals surface area contributed by atoms with Gasteiger partial charge in [0.1, 0.15) is 5.82 Å². The molecule has 1 aromatic rings. The van der Waals surface area contributed by atoms with Crippen molar-refractivity contribution < 1.29 is 9.90 Å². The number of hydrogen-bond acceptors (Lipinski definition) is 6. The zero-order chi connectivity index (χ0) is 23.5. The molecule has 0 aromatic carbocycles. The lowest BCUT2D eigenvalue weighted by Crippen LogP contribution is -2.53. The van der Waals surface area contributed by atoms with Crippen molar-refractivity contribution in [1.82, 2.24) is 19.4 Å². The van der Waals surface area contributed by atoms with Crippen LogP contribution in [0.2, 0.25) is 0 Å². The van der Waals surface area contributed by atoms with E-state index in [0.29, 0.717) is 49.5 Å². The van der Waals surface area contributed by atoms with Gasteiger partial charge in [-0.3, -0.25) is 14.2 Å². The third-order valence-corrected chi connectivity index (χ3v) is 8.88. The first kappa shape index (κ1) is 23.8. The summed E-state index contributed by atoms with van der Waals surface area (Å²) >= 11 is 0. The van der Waals surface area contributed by atoms with E-state index in [0.717, 1.165) is 26.2 Å². The fourth-order valence-electron chi connectivity index (χ4n) is 6.21.